The molecule has 4 heterocycles. The highest BCUT2D eigenvalue weighted by Crippen LogP contribution is 2.57. The Hall–Kier alpha value is -2.53. The van der Waals surface area contributed by atoms with Crippen LogP contribution < -0.4 is 0 Å². The number of thiol groups is 4. The van der Waals surface area contributed by atoms with E-state index < -0.39 is 86.3 Å². The second kappa shape index (κ2) is 28.8. The second-order valence-electron chi connectivity index (χ2n) is 32.5. The molecule has 18 unspecified atom stereocenters. The zero-order valence-electron chi connectivity index (χ0n) is 56.5. The minimum absolute atomic E-state index is 0.0284. The summed E-state index contributed by atoms with van der Waals surface area (Å²) in [7, 11) is 0. The van der Waals surface area contributed by atoms with E-state index in [2.05, 4.69) is 50.5 Å². The monoisotopic (exact) mass is 1320 g/mol. The predicted molar refractivity (Wildman–Crippen MR) is 349 cm³/mol. The molecule has 22 heteroatoms. The van der Waals surface area contributed by atoms with E-state index >= 15 is 0 Å². The molecule has 3 saturated carbocycles. The first-order valence-electron chi connectivity index (χ1n) is 30.9. The molecule has 7 fully saturated rings. The van der Waals surface area contributed by atoms with Gasteiger partial charge in [-0.2, -0.15) is 62.3 Å². The van der Waals surface area contributed by atoms with Crippen LogP contribution in [-0.4, -0.2) is 136 Å². The van der Waals surface area contributed by atoms with Gasteiger partial charge in [-0.25, -0.2) is 0 Å². The first kappa shape index (κ1) is 76.9. The van der Waals surface area contributed by atoms with Gasteiger partial charge in [0.05, 0.1) is 59.6 Å². The minimum atomic E-state index is -0.643. The fourth-order valence-corrected chi connectivity index (χ4v) is 16.3. The van der Waals surface area contributed by atoms with Gasteiger partial charge in [0.15, 0.2) is 0 Å². The van der Waals surface area contributed by atoms with E-state index in [0.29, 0.717) is 19.3 Å². The van der Waals surface area contributed by atoms with Crippen LogP contribution in [0.3, 0.4) is 0 Å². The van der Waals surface area contributed by atoms with Crippen molar-refractivity contribution in [3.8, 4) is 0 Å². The van der Waals surface area contributed by atoms with Crippen molar-refractivity contribution in [2.45, 2.75) is 300 Å². The molecule has 7 rings (SSSR count). The van der Waals surface area contributed by atoms with Crippen LogP contribution in [0.1, 0.15) is 211 Å². The van der Waals surface area contributed by atoms with E-state index in [0.717, 1.165) is 25.7 Å². The molecule has 0 N–H and O–H groups in total. The smallest absolute Gasteiger partial charge is 0.313 e. The SMILES string of the molecule is CC(C)(C)OC(=O)C1C2CC(S)C(C2)C1C(=O)OC(C)(C)C.CC(C)(C)OC(=O)C1C2CC(S)C(O2)C1C(=O)OC(C)(C)C.CC(C)(C)OC(=O)C1C2CC(S)C(S2)C1C(=O)OC(C)(C)C.CC(C)(C)OC(=O)C1CCC(S)C(C(=O)OC(C)(C)C)C1. The zero-order valence-corrected chi connectivity index (χ0v) is 60.9. The van der Waals surface area contributed by atoms with Crippen LogP contribution in [0.2, 0.25) is 0 Å². The molecule has 0 aromatic heterocycles. The van der Waals surface area contributed by atoms with E-state index in [1.54, 1.807) is 32.5 Å². The van der Waals surface area contributed by atoms with Crippen molar-refractivity contribution in [2.24, 2.45) is 59.2 Å². The van der Waals surface area contributed by atoms with Gasteiger partial charge in [0.2, 0.25) is 0 Å². The van der Waals surface area contributed by atoms with Crippen LogP contribution >= 0.6 is 62.3 Å². The molecule has 87 heavy (non-hydrogen) atoms. The standard InChI is InChI=1S/C17H28O4S.C16H26O5S.C16H26O4S2.C16H28O4S/c1-16(2,3)20-14(18)12-9-7-10(11(22)8-9)13(12)15(19)21-17(4,5)6;1-15(2,3)20-13(17)10-8-7-9(22)12(19-8)11(10)14(18)21-16(4,5)6;1-15(2,3)19-13(17)10-9-7-8(21)12(22-9)11(10)14(18)20-16(4,5)6;1-15(2,3)19-13(17)10-7-8-12(21)11(9-10)14(18)20-16(4,5)6/h9-13,22H,7-8H2,1-6H3;8-12,22H,7H2,1-6H3;8-12,21H,7H2,1-6H3;10-12,21H,7-9H2,1-6H3. The van der Waals surface area contributed by atoms with Gasteiger partial charge in [0.1, 0.15) is 44.8 Å². The van der Waals surface area contributed by atoms with Gasteiger partial charge in [-0.1, -0.05) is 0 Å². The summed E-state index contributed by atoms with van der Waals surface area (Å²) in [5, 5.41) is 0.313. The fraction of sp³-hybridized carbons (Fsp3) is 0.877. The Labute approximate surface area is 546 Å². The Morgan fingerprint density at radius 2 is 0.713 bits per heavy atom. The number of rotatable bonds is 8. The van der Waals surface area contributed by atoms with Crippen molar-refractivity contribution in [1.82, 2.24) is 0 Å². The van der Waals surface area contributed by atoms with E-state index in [-0.39, 0.29) is 109 Å². The van der Waals surface area contributed by atoms with Crippen LogP contribution in [0.5, 0.6) is 0 Å². The van der Waals surface area contributed by atoms with Crippen LogP contribution in [-0.2, 0) is 81.0 Å². The molecular formula is C65H108O17S5. The molecule has 18 atom stereocenters. The molecule has 0 spiro atoms. The number of thioether (sulfide) groups is 1. The van der Waals surface area contributed by atoms with E-state index in [4.69, 9.17) is 42.6 Å². The fourth-order valence-electron chi connectivity index (χ4n) is 12.2. The van der Waals surface area contributed by atoms with Crippen LogP contribution in [0.4, 0.5) is 0 Å². The molecule has 17 nitrogen and oxygen atoms in total. The summed E-state index contributed by atoms with van der Waals surface area (Å²) < 4.78 is 49.8. The van der Waals surface area contributed by atoms with E-state index in [1.807, 2.05) is 145 Å². The maximum atomic E-state index is 12.6. The van der Waals surface area contributed by atoms with Crippen molar-refractivity contribution in [2.75, 3.05) is 0 Å². The molecule has 7 aliphatic rings. The van der Waals surface area contributed by atoms with Crippen LogP contribution in [0, 0.1) is 59.2 Å². The quantitative estimate of drug-likeness (QED) is 0.101. The largest absolute Gasteiger partial charge is 0.460 e. The topological polar surface area (TPSA) is 220 Å². The highest BCUT2D eigenvalue weighted by molar-refractivity contribution is 8.02. The molecule has 3 aliphatic carbocycles. The number of hydrogen-bond acceptors (Lipinski definition) is 22. The normalized spacial score (nSPS) is 32.8. The van der Waals surface area contributed by atoms with E-state index in [9.17, 15) is 38.4 Å². The summed E-state index contributed by atoms with van der Waals surface area (Å²) in [5.41, 5.74) is -4.45. The van der Waals surface area contributed by atoms with E-state index in [1.165, 1.54) is 0 Å². The number of fused-ring (bicyclic) bond motifs is 6. The first-order chi connectivity index (χ1) is 39.1. The number of esters is 8. The minimum Gasteiger partial charge on any atom is -0.460 e. The maximum Gasteiger partial charge on any atom is 0.313 e. The molecule has 6 bridgehead atoms. The Kier molecular flexibility index (Phi) is 25.4. The summed E-state index contributed by atoms with van der Waals surface area (Å²) >= 11 is 19.8. The van der Waals surface area contributed by atoms with Gasteiger partial charge in [-0.05, 0) is 223 Å². The third-order valence-electron chi connectivity index (χ3n) is 15.0. The third kappa shape index (κ3) is 23.2. The molecule has 4 saturated heterocycles. The number of carbonyl (C=O) groups excluding carboxylic acids is 8. The highest BCUT2D eigenvalue weighted by Gasteiger charge is 2.63. The van der Waals surface area contributed by atoms with Crippen molar-refractivity contribution in [1.29, 1.82) is 0 Å². The van der Waals surface area contributed by atoms with Gasteiger partial charge in [0.25, 0.3) is 0 Å². The lowest BCUT2D eigenvalue weighted by Crippen LogP contribution is -2.46. The van der Waals surface area contributed by atoms with Crippen molar-refractivity contribution in [3.63, 3.8) is 0 Å². The molecule has 500 valence electrons. The maximum absolute atomic E-state index is 12.6. The summed E-state index contributed by atoms with van der Waals surface area (Å²) in [4.78, 5) is 99.8. The Bertz CT molecular complexity index is 2240. The summed E-state index contributed by atoms with van der Waals surface area (Å²) in [6, 6.07) is 0. The Balaban J connectivity index is 0.000000248. The molecule has 4 aliphatic heterocycles. The summed E-state index contributed by atoms with van der Waals surface area (Å²) in [6.45, 7) is 44.0. The number of ether oxygens (including phenoxy) is 9. The molecule has 0 aromatic carbocycles. The Morgan fingerprint density at radius 3 is 1.15 bits per heavy atom. The van der Waals surface area contributed by atoms with Gasteiger partial charge in [0, 0.05) is 31.5 Å². The summed E-state index contributed by atoms with van der Waals surface area (Å²) in [5.74, 6) is -5.68. The number of carbonyl (C=O) groups is 8. The van der Waals surface area contributed by atoms with Crippen molar-refractivity contribution >= 4 is 110 Å². The first-order valence-corrected chi connectivity index (χ1v) is 33.9. The van der Waals surface area contributed by atoms with Gasteiger partial charge < -0.3 is 42.6 Å². The second-order valence-corrected chi connectivity index (χ2v) is 36.5. The molecule has 0 radical (unpaired) electrons. The van der Waals surface area contributed by atoms with Crippen LogP contribution in [0.15, 0.2) is 0 Å². The zero-order chi connectivity index (χ0) is 67.0. The van der Waals surface area contributed by atoms with Crippen LogP contribution in [0.25, 0.3) is 0 Å². The predicted octanol–water partition coefficient (Wildman–Crippen LogP) is 12.1. The molecule has 0 amide bonds. The highest BCUT2D eigenvalue weighted by atomic mass is 32.2. The third-order valence-corrected chi connectivity index (χ3v) is 19.2. The lowest BCUT2D eigenvalue weighted by molar-refractivity contribution is -0.175. The average Bonchev–Trinajstić information content (AvgIpc) is 1.63. The number of hydrogen-bond donors (Lipinski definition) is 4. The average molecular weight is 1320 g/mol. The lowest BCUT2D eigenvalue weighted by atomic mass is 9.78. The van der Waals surface area contributed by atoms with Gasteiger partial charge in [-0.3, -0.25) is 38.4 Å². The van der Waals surface area contributed by atoms with Crippen molar-refractivity contribution in [3.05, 3.63) is 0 Å². The lowest BCUT2D eigenvalue weighted by Gasteiger charge is -2.34. The summed E-state index contributed by atoms with van der Waals surface area (Å²) in [6.07, 6.45) is 4.40. The van der Waals surface area contributed by atoms with Gasteiger partial charge >= 0.3 is 47.8 Å². The Morgan fingerprint density at radius 1 is 0.345 bits per heavy atom. The molecule has 0 aromatic rings. The van der Waals surface area contributed by atoms with Gasteiger partial charge in [-0.15, -0.1) is 0 Å². The van der Waals surface area contributed by atoms with Crippen molar-refractivity contribution < 1.29 is 81.0 Å². The molecular weight excluding hydrogens is 1210 g/mol.